The number of carbonyl (C=O) groups is 1. The number of hydrogen-bond donors (Lipinski definition) is 1. The van der Waals surface area contributed by atoms with E-state index in [4.69, 9.17) is 4.42 Å². The van der Waals surface area contributed by atoms with Gasteiger partial charge in [0.25, 0.3) is 5.91 Å². The predicted molar refractivity (Wildman–Crippen MR) is 103 cm³/mol. The molecule has 0 aliphatic heterocycles. The van der Waals surface area contributed by atoms with Gasteiger partial charge in [-0.1, -0.05) is 12.5 Å². The van der Waals surface area contributed by atoms with Crippen molar-refractivity contribution in [1.82, 2.24) is 14.9 Å². The number of hydrogen-bond acceptors (Lipinski definition) is 4. The minimum absolute atomic E-state index is 0.0906. The van der Waals surface area contributed by atoms with Gasteiger partial charge in [-0.25, -0.2) is 9.78 Å². The third-order valence-electron chi connectivity index (χ3n) is 5.52. The molecule has 1 aliphatic rings. The molecule has 1 aliphatic carbocycles. The Balaban J connectivity index is 1.51. The van der Waals surface area contributed by atoms with E-state index in [1.54, 1.807) is 6.92 Å². The SMILES string of the molecule is Cc1cc(C2CCC2)oc(=O)c1C(=O)NCc1ccc2c(c1)nc(C)n2C. The molecule has 140 valence electrons. The van der Waals surface area contributed by atoms with Crippen LogP contribution in [0.15, 0.2) is 33.5 Å². The fraction of sp³-hybridized carbons (Fsp3) is 0.381. The number of rotatable bonds is 4. The molecule has 1 fully saturated rings. The highest BCUT2D eigenvalue weighted by atomic mass is 16.4. The molecule has 6 nitrogen and oxygen atoms in total. The Morgan fingerprint density at radius 3 is 2.74 bits per heavy atom. The summed E-state index contributed by atoms with van der Waals surface area (Å²) in [5, 5.41) is 2.83. The van der Waals surface area contributed by atoms with Gasteiger partial charge in [0.15, 0.2) is 0 Å². The average Bonchev–Trinajstić information content (AvgIpc) is 2.85. The lowest BCUT2D eigenvalue weighted by molar-refractivity contribution is 0.0945. The molecule has 4 rings (SSSR count). The van der Waals surface area contributed by atoms with Crippen LogP contribution in [-0.4, -0.2) is 15.5 Å². The summed E-state index contributed by atoms with van der Waals surface area (Å²) in [5.74, 6) is 1.56. The molecular formula is C21H23N3O3. The smallest absolute Gasteiger partial charge is 0.349 e. The summed E-state index contributed by atoms with van der Waals surface area (Å²) in [5.41, 5.74) is 3.08. The lowest BCUT2D eigenvalue weighted by Crippen LogP contribution is -2.29. The van der Waals surface area contributed by atoms with Crippen LogP contribution in [0, 0.1) is 13.8 Å². The van der Waals surface area contributed by atoms with Crippen molar-refractivity contribution in [2.24, 2.45) is 7.05 Å². The molecule has 0 radical (unpaired) electrons. The summed E-state index contributed by atoms with van der Waals surface area (Å²) in [4.78, 5) is 29.4. The van der Waals surface area contributed by atoms with Gasteiger partial charge in [-0.15, -0.1) is 0 Å². The number of fused-ring (bicyclic) bond motifs is 1. The van der Waals surface area contributed by atoms with Gasteiger partial charge in [-0.05, 0) is 56.0 Å². The van der Waals surface area contributed by atoms with E-state index in [-0.39, 0.29) is 5.56 Å². The molecule has 0 saturated heterocycles. The third kappa shape index (κ3) is 3.16. The van der Waals surface area contributed by atoms with Crippen molar-refractivity contribution >= 4 is 16.9 Å². The first kappa shape index (κ1) is 17.5. The number of carbonyl (C=O) groups excluding carboxylic acids is 1. The summed E-state index contributed by atoms with van der Waals surface area (Å²) in [6, 6.07) is 7.74. The first-order valence-electron chi connectivity index (χ1n) is 9.29. The minimum atomic E-state index is -0.551. The third-order valence-corrected chi connectivity index (χ3v) is 5.52. The lowest BCUT2D eigenvalue weighted by Gasteiger charge is -2.24. The van der Waals surface area contributed by atoms with E-state index in [0.717, 1.165) is 41.7 Å². The van der Waals surface area contributed by atoms with E-state index in [9.17, 15) is 9.59 Å². The Bertz CT molecular complexity index is 1090. The number of nitrogens with one attached hydrogen (secondary N) is 1. The highest BCUT2D eigenvalue weighted by molar-refractivity contribution is 5.95. The Morgan fingerprint density at radius 1 is 1.30 bits per heavy atom. The van der Waals surface area contributed by atoms with E-state index in [1.165, 1.54) is 0 Å². The summed E-state index contributed by atoms with van der Waals surface area (Å²) >= 11 is 0. The molecular weight excluding hydrogens is 342 g/mol. The maximum atomic E-state index is 12.6. The Kier molecular flexibility index (Phi) is 4.34. The first-order valence-corrected chi connectivity index (χ1v) is 9.29. The van der Waals surface area contributed by atoms with E-state index in [2.05, 4.69) is 10.3 Å². The van der Waals surface area contributed by atoms with Gasteiger partial charge < -0.3 is 14.3 Å². The van der Waals surface area contributed by atoms with Gasteiger partial charge in [0.1, 0.15) is 17.1 Å². The van der Waals surface area contributed by atoms with E-state index >= 15 is 0 Å². The molecule has 1 amide bonds. The number of imidazole rings is 1. The number of aromatic nitrogens is 2. The van der Waals surface area contributed by atoms with Crippen molar-refractivity contribution in [3.63, 3.8) is 0 Å². The zero-order valence-electron chi connectivity index (χ0n) is 15.8. The normalized spacial score (nSPS) is 14.3. The standard InChI is InChI=1S/C21H23N3O3/c1-12-9-18(15-5-4-6-15)27-21(26)19(12)20(25)22-11-14-7-8-17-16(10-14)23-13(2)24(17)3/h7-10,15H,4-6,11H2,1-3H3,(H,22,25). The molecule has 2 heterocycles. The van der Waals surface area contributed by atoms with Crippen LogP contribution in [0.3, 0.4) is 0 Å². The molecule has 1 saturated carbocycles. The highest BCUT2D eigenvalue weighted by Crippen LogP contribution is 2.36. The monoisotopic (exact) mass is 365 g/mol. The second-order valence-electron chi connectivity index (χ2n) is 7.35. The van der Waals surface area contributed by atoms with Crippen molar-refractivity contribution in [1.29, 1.82) is 0 Å². The summed E-state index contributed by atoms with van der Waals surface area (Å²) < 4.78 is 7.43. The number of aryl methyl sites for hydroxylation is 3. The summed E-state index contributed by atoms with van der Waals surface area (Å²) in [7, 11) is 1.97. The number of amides is 1. The van der Waals surface area contributed by atoms with Crippen LogP contribution in [0.2, 0.25) is 0 Å². The van der Waals surface area contributed by atoms with Crippen LogP contribution < -0.4 is 10.9 Å². The fourth-order valence-corrected chi connectivity index (χ4v) is 3.55. The van der Waals surface area contributed by atoms with Crippen LogP contribution in [-0.2, 0) is 13.6 Å². The number of benzene rings is 1. The van der Waals surface area contributed by atoms with Gasteiger partial charge in [0, 0.05) is 19.5 Å². The van der Waals surface area contributed by atoms with Crippen molar-refractivity contribution in [3.8, 4) is 0 Å². The molecule has 0 unspecified atom stereocenters. The molecule has 0 atom stereocenters. The first-order chi connectivity index (χ1) is 12.9. The summed E-state index contributed by atoms with van der Waals surface area (Å²) in [6.07, 6.45) is 3.25. The quantitative estimate of drug-likeness (QED) is 0.769. The molecule has 0 spiro atoms. The van der Waals surface area contributed by atoms with Crippen molar-refractivity contribution in [2.75, 3.05) is 0 Å². The number of nitrogens with zero attached hydrogens (tertiary/aromatic N) is 2. The fourth-order valence-electron chi connectivity index (χ4n) is 3.55. The van der Waals surface area contributed by atoms with E-state index in [1.807, 2.05) is 42.8 Å². The highest BCUT2D eigenvalue weighted by Gasteiger charge is 2.25. The van der Waals surface area contributed by atoms with Gasteiger partial charge in [0.05, 0.1) is 11.0 Å². The van der Waals surface area contributed by atoms with Crippen molar-refractivity contribution in [3.05, 3.63) is 63.0 Å². The average molecular weight is 365 g/mol. The van der Waals surface area contributed by atoms with Crippen LogP contribution >= 0.6 is 0 Å². The second kappa shape index (κ2) is 6.68. The summed E-state index contributed by atoms with van der Waals surface area (Å²) in [6.45, 7) is 4.07. The molecule has 3 aromatic rings. The second-order valence-corrected chi connectivity index (χ2v) is 7.35. The predicted octanol–water partition coefficient (Wildman–Crippen LogP) is 3.34. The molecule has 2 aromatic heterocycles. The molecule has 6 heteroatoms. The maximum Gasteiger partial charge on any atom is 0.349 e. The maximum absolute atomic E-state index is 12.6. The Morgan fingerprint density at radius 2 is 2.07 bits per heavy atom. The minimum Gasteiger partial charge on any atom is -0.427 e. The Labute approximate surface area is 157 Å². The zero-order chi connectivity index (χ0) is 19.1. The molecule has 27 heavy (non-hydrogen) atoms. The lowest BCUT2D eigenvalue weighted by atomic mass is 9.83. The van der Waals surface area contributed by atoms with Gasteiger partial charge in [0.2, 0.25) is 0 Å². The zero-order valence-corrected chi connectivity index (χ0v) is 15.8. The van der Waals surface area contributed by atoms with E-state index in [0.29, 0.717) is 23.8 Å². The Hall–Kier alpha value is -2.89. The van der Waals surface area contributed by atoms with E-state index < -0.39 is 11.5 Å². The van der Waals surface area contributed by atoms with Gasteiger partial charge in [-0.2, -0.15) is 0 Å². The van der Waals surface area contributed by atoms with Crippen LogP contribution in [0.5, 0.6) is 0 Å². The molecule has 1 N–H and O–H groups in total. The largest absolute Gasteiger partial charge is 0.427 e. The van der Waals surface area contributed by atoms with Gasteiger partial charge >= 0.3 is 5.63 Å². The van der Waals surface area contributed by atoms with Crippen LogP contribution in [0.1, 0.15) is 58.2 Å². The van der Waals surface area contributed by atoms with Crippen molar-refractivity contribution < 1.29 is 9.21 Å². The van der Waals surface area contributed by atoms with Crippen molar-refractivity contribution in [2.45, 2.75) is 45.6 Å². The van der Waals surface area contributed by atoms with Crippen LogP contribution in [0.25, 0.3) is 11.0 Å². The topological polar surface area (TPSA) is 77.1 Å². The molecule has 1 aromatic carbocycles. The van der Waals surface area contributed by atoms with Crippen LogP contribution in [0.4, 0.5) is 0 Å². The van der Waals surface area contributed by atoms with Gasteiger partial charge in [-0.3, -0.25) is 4.79 Å². The molecule has 0 bridgehead atoms.